The Morgan fingerprint density at radius 3 is 2.50 bits per heavy atom. The van der Waals surface area contributed by atoms with Gasteiger partial charge in [-0.15, -0.1) is 0 Å². The highest BCUT2D eigenvalue weighted by Gasteiger charge is 2.31. The van der Waals surface area contributed by atoms with Crippen molar-refractivity contribution in [2.75, 3.05) is 47.0 Å². The van der Waals surface area contributed by atoms with Crippen LogP contribution in [0.3, 0.4) is 0 Å². The van der Waals surface area contributed by atoms with Gasteiger partial charge in [-0.3, -0.25) is 0 Å². The fraction of sp³-hybridized carbons (Fsp3) is 1.00. The third-order valence-electron chi connectivity index (χ3n) is 3.04. The molecular weight excluding hydrogens is 208 g/mol. The summed E-state index contributed by atoms with van der Waals surface area (Å²) in [5, 5.41) is 22.5. The summed E-state index contributed by atoms with van der Waals surface area (Å²) in [5.74, 6) is 0. The molecule has 5 nitrogen and oxygen atoms in total. The van der Waals surface area contributed by atoms with Gasteiger partial charge in [0.1, 0.15) is 0 Å². The molecule has 0 aromatic rings. The molecule has 1 aliphatic heterocycles. The molecule has 0 bridgehead atoms. The van der Waals surface area contributed by atoms with Crippen molar-refractivity contribution in [2.45, 2.75) is 24.5 Å². The molecule has 0 spiro atoms. The molecule has 0 saturated carbocycles. The van der Waals surface area contributed by atoms with Crippen molar-refractivity contribution < 1.29 is 14.9 Å². The van der Waals surface area contributed by atoms with Gasteiger partial charge < -0.3 is 25.2 Å². The van der Waals surface area contributed by atoms with Crippen LogP contribution in [0.25, 0.3) is 0 Å². The van der Waals surface area contributed by atoms with E-state index < -0.39 is 6.10 Å². The highest BCUT2D eigenvalue weighted by atomic mass is 16.5. The van der Waals surface area contributed by atoms with Crippen LogP contribution in [0.4, 0.5) is 0 Å². The maximum absolute atomic E-state index is 9.74. The van der Waals surface area contributed by atoms with Gasteiger partial charge in [-0.2, -0.15) is 0 Å². The van der Waals surface area contributed by atoms with E-state index in [1.165, 1.54) is 0 Å². The van der Waals surface area contributed by atoms with Crippen LogP contribution in [0, 0.1) is 0 Å². The summed E-state index contributed by atoms with van der Waals surface area (Å²) in [6, 6.07) is 0. The van der Waals surface area contributed by atoms with Crippen LogP contribution in [0.5, 0.6) is 0 Å². The molecular formula is C11H24N2O3. The Morgan fingerprint density at radius 2 is 2.00 bits per heavy atom. The average Bonchev–Trinajstić information content (AvgIpc) is 2.27. The lowest BCUT2D eigenvalue weighted by molar-refractivity contribution is 0.00495. The summed E-state index contributed by atoms with van der Waals surface area (Å²) < 4.78 is 5.28. The number of β-amino-alcohol motifs (C(OH)–C–C–N with tert-alkyl or cyclic N) is 1. The zero-order chi connectivity index (χ0) is 12.0. The van der Waals surface area contributed by atoms with Crippen LogP contribution in [0.1, 0.15) is 12.8 Å². The van der Waals surface area contributed by atoms with Gasteiger partial charge in [-0.25, -0.2) is 0 Å². The summed E-state index contributed by atoms with van der Waals surface area (Å²) in [7, 11) is 3.86. The first-order valence-corrected chi connectivity index (χ1v) is 5.84. The maximum Gasteiger partial charge on any atom is 0.0791 e. The Kier molecular flexibility index (Phi) is 5.64. The Bertz CT molecular complexity index is 194. The highest BCUT2D eigenvalue weighted by molar-refractivity contribution is 4.90. The number of rotatable bonds is 6. The second kappa shape index (κ2) is 6.51. The van der Waals surface area contributed by atoms with Crippen molar-refractivity contribution >= 4 is 0 Å². The van der Waals surface area contributed by atoms with Crippen molar-refractivity contribution in [1.29, 1.82) is 0 Å². The molecule has 1 rings (SSSR count). The number of aliphatic hydroxyl groups is 2. The molecule has 1 saturated heterocycles. The standard InChI is InChI=1S/C11H24N2O3/c1-13(2)8-10(15)7-12-11(9-14)3-5-16-6-4-11/h10,12,14-15H,3-9H2,1-2H3. The summed E-state index contributed by atoms with van der Waals surface area (Å²) in [4.78, 5) is 1.95. The molecule has 3 N–H and O–H groups in total. The maximum atomic E-state index is 9.74. The second-order valence-electron chi connectivity index (χ2n) is 4.85. The number of hydrogen-bond donors (Lipinski definition) is 3. The normalized spacial score (nSPS) is 22.3. The van der Waals surface area contributed by atoms with E-state index in [1.807, 2.05) is 19.0 Å². The Labute approximate surface area is 97.4 Å². The summed E-state index contributed by atoms with van der Waals surface area (Å²) >= 11 is 0. The number of likely N-dealkylation sites (N-methyl/N-ethyl adjacent to an activating group) is 1. The van der Waals surface area contributed by atoms with Gasteiger partial charge in [0.25, 0.3) is 0 Å². The van der Waals surface area contributed by atoms with Gasteiger partial charge in [0.05, 0.1) is 12.7 Å². The van der Waals surface area contributed by atoms with Crippen molar-refractivity contribution in [3.63, 3.8) is 0 Å². The van der Waals surface area contributed by atoms with Crippen LogP contribution < -0.4 is 5.32 Å². The first kappa shape index (κ1) is 13.9. The molecule has 0 amide bonds. The van der Waals surface area contributed by atoms with Gasteiger partial charge in [-0.05, 0) is 26.9 Å². The van der Waals surface area contributed by atoms with Crippen LogP contribution in [-0.2, 0) is 4.74 Å². The van der Waals surface area contributed by atoms with Crippen LogP contribution >= 0.6 is 0 Å². The number of hydrogen-bond acceptors (Lipinski definition) is 5. The first-order chi connectivity index (χ1) is 7.58. The topological polar surface area (TPSA) is 65.0 Å². The zero-order valence-electron chi connectivity index (χ0n) is 10.3. The molecule has 0 aromatic carbocycles. The molecule has 1 atom stereocenters. The van der Waals surface area contributed by atoms with Gasteiger partial charge in [0.15, 0.2) is 0 Å². The molecule has 96 valence electrons. The van der Waals surface area contributed by atoms with Crippen molar-refractivity contribution in [1.82, 2.24) is 10.2 Å². The molecule has 1 unspecified atom stereocenters. The summed E-state index contributed by atoms with van der Waals surface area (Å²) in [5.41, 5.74) is -0.258. The van der Waals surface area contributed by atoms with E-state index in [0.29, 0.717) is 26.3 Å². The van der Waals surface area contributed by atoms with Crippen molar-refractivity contribution in [3.05, 3.63) is 0 Å². The third-order valence-corrected chi connectivity index (χ3v) is 3.04. The average molecular weight is 232 g/mol. The van der Waals surface area contributed by atoms with E-state index in [2.05, 4.69) is 5.32 Å². The monoisotopic (exact) mass is 232 g/mol. The summed E-state index contributed by atoms with van der Waals surface area (Å²) in [6.45, 7) is 2.60. The van der Waals surface area contributed by atoms with E-state index in [9.17, 15) is 10.2 Å². The quantitative estimate of drug-likeness (QED) is 0.550. The Balaban J connectivity index is 2.32. The SMILES string of the molecule is CN(C)CC(O)CNC1(CO)CCOCC1. The number of aliphatic hydroxyl groups excluding tert-OH is 2. The minimum atomic E-state index is -0.402. The van der Waals surface area contributed by atoms with Gasteiger partial charge in [0, 0.05) is 31.8 Å². The Hall–Kier alpha value is -0.200. The molecule has 1 heterocycles. The Morgan fingerprint density at radius 1 is 1.38 bits per heavy atom. The molecule has 0 aliphatic carbocycles. The van der Waals surface area contributed by atoms with E-state index >= 15 is 0 Å². The molecule has 0 radical (unpaired) electrons. The van der Waals surface area contributed by atoms with Crippen LogP contribution in [0.15, 0.2) is 0 Å². The molecule has 1 fully saturated rings. The lowest BCUT2D eigenvalue weighted by Crippen LogP contribution is -2.55. The van der Waals surface area contributed by atoms with E-state index in [4.69, 9.17) is 4.74 Å². The zero-order valence-corrected chi connectivity index (χ0v) is 10.3. The molecule has 0 aromatic heterocycles. The number of nitrogens with one attached hydrogen (secondary N) is 1. The number of ether oxygens (including phenoxy) is 1. The predicted molar refractivity (Wildman–Crippen MR) is 62.4 cm³/mol. The van der Waals surface area contributed by atoms with Gasteiger partial charge >= 0.3 is 0 Å². The highest BCUT2D eigenvalue weighted by Crippen LogP contribution is 2.19. The van der Waals surface area contributed by atoms with Crippen molar-refractivity contribution in [2.24, 2.45) is 0 Å². The fourth-order valence-corrected chi connectivity index (χ4v) is 1.97. The predicted octanol–water partition coefficient (Wildman–Crippen LogP) is -0.960. The second-order valence-corrected chi connectivity index (χ2v) is 4.85. The third kappa shape index (κ3) is 4.35. The van der Waals surface area contributed by atoms with Crippen LogP contribution in [-0.4, -0.2) is 73.8 Å². The largest absolute Gasteiger partial charge is 0.394 e. The lowest BCUT2D eigenvalue weighted by Gasteiger charge is -2.37. The first-order valence-electron chi connectivity index (χ1n) is 5.84. The van der Waals surface area contributed by atoms with E-state index in [1.54, 1.807) is 0 Å². The smallest absolute Gasteiger partial charge is 0.0791 e. The minimum Gasteiger partial charge on any atom is -0.394 e. The summed E-state index contributed by atoms with van der Waals surface area (Å²) in [6.07, 6.45) is 1.21. The van der Waals surface area contributed by atoms with Crippen LogP contribution in [0.2, 0.25) is 0 Å². The van der Waals surface area contributed by atoms with E-state index in [0.717, 1.165) is 12.8 Å². The van der Waals surface area contributed by atoms with Crippen molar-refractivity contribution in [3.8, 4) is 0 Å². The molecule has 16 heavy (non-hydrogen) atoms. The molecule has 5 heteroatoms. The van der Waals surface area contributed by atoms with Gasteiger partial charge in [-0.1, -0.05) is 0 Å². The minimum absolute atomic E-state index is 0.102. The number of nitrogens with zero attached hydrogens (tertiary/aromatic N) is 1. The fourth-order valence-electron chi connectivity index (χ4n) is 1.97. The lowest BCUT2D eigenvalue weighted by atomic mass is 9.91. The van der Waals surface area contributed by atoms with Gasteiger partial charge in [0.2, 0.25) is 0 Å². The molecule has 1 aliphatic rings. The van der Waals surface area contributed by atoms with E-state index in [-0.39, 0.29) is 12.1 Å².